The molecule has 45 heavy (non-hydrogen) atoms. The van der Waals surface area contributed by atoms with Crippen LogP contribution in [0.2, 0.25) is 0 Å². The summed E-state index contributed by atoms with van der Waals surface area (Å²) in [6, 6.07) is -1.34. The lowest BCUT2D eigenvalue weighted by Crippen LogP contribution is -2.76. The van der Waals surface area contributed by atoms with E-state index in [2.05, 4.69) is 29.7 Å². The fourth-order valence-electron chi connectivity index (χ4n) is 3.89. The van der Waals surface area contributed by atoms with Crippen LogP contribution in [0.1, 0.15) is 26.0 Å². The van der Waals surface area contributed by atoms with Crippen molar-refractivity contribution >= 4 is 50.4 Å². The number of nitrogens with zero attached hydrogens (tertiary/aromatic N) is 7. The van der Waals surface area contributed by atoms with Gasteiger partial charge in [-0.2, -0.15) is 28.0 Å². The van der Waals surface area contributed by atoms with Crippen LogP contribution in [-0.4, -0.2) is 97.0 Å². The quantitative estimate of drug-likeness (QED) is 0.0386. The second-order valence-corrected chi connectivity index (χ2v) is 11.8. The summed E-state index contributed by atoms with van der Waals surface area (Å²) >= 11 is 0.946. The number of rotatable bonds is 15. The number of carbonyl (C=O) groups is 3. The number of aryl methyl sites for hydroxylation is 1. The summed E-state index contributed by atoms with van der Waals surface area (Å²) in [5.41, 5.74) is 9.13. The molecule has 242 valence electrons. The van der Waals surface area contributed by atoms with Crippen LogP contribution in [0.3, 0.4) is 0 Å². The minimum Gasteiger partial charge on any atom is -0.486 e. The summed E-state index contributed by atoms with van der Waals surface area (Å²) in [5.74, 6) is -3.08. The van der Waals surface area contributed by atoms with Gasteiger partial charge in [0.1, 0.15) is 30.7 Å². The van der Waals surface area contributed by atoms with E-state index >= 15 is 0 Å². The molecule has 0 spiro atoms. The molecule has 2 amide bonds. The van der Waals surface area contributed by atoms with E-state index in [4.69, 9.17) is 25.6 Å². The second-order valence-electron chi connectivity index (χ2n) is 9.87. The van der Waals surface area contributed by atoms with E-state index in [-0.39, 0.29) is 16.6 Å². The van der Waals surface area contributed by atoms with Gasteiger partial charge in [-0.25, -0.2) is 14.3 Å². The van der Waals surface area contributed by atoms with Gasteiger partial charge in [-0.1, -0.05) is 5.16 Å². The number of aromatic nitrogens is 5. The highest BCUT2D eigenvalue weighted by Gasteiger charge is 2.58. The van der Waals surface area contributed by atoms with E-state index in [1.807, 2.05) is 10.8 Å². The number of aliphatic carboxylic acids is 1. The SMILES string of the molecule is CC1(C)[C@H](NC(=O)/C(=N\O[C@@H](COc2cnc(-n3cc[n+](CCCN)c3)nc2)C(=O)O)c2csc(N)n2)C(=O)N1OS(=O)(=O)O. The Morgan fingerprint density at radius 1 is 1.31 bits per heavy atom. The van der Waals surface area contributed by atoms with E-state index in [1.165, 1.54) is 31.6 Å². The van der Waals surface area contributed by atoms with E-state index < -0.39 is 58.2 Å². The third-order valence-electron chi connectivity index (χ3n) is 6.21. The zero-order chi connectivity index (χ0) is 32.9. The highest BCUT2D eigenvalue weighted by Crippen LogP contribution is 2.33. The van der Waals surface area contributed by atoms with Gasteiger partial charge in [-0.05, 0) is 26.8 Å². The van der Waals surface area contributed by atoms with Crippen LogP contribution >= 0.6 is 11.3 Å². The normalized spacial score (nSPS) is 17.0. The Labute approximate surface area is 259 Å². The number of hydrogen-bond donors (Lipinski definition) is 5. The summed E-state index contributed by atoms with van der Waals surface area (Å²) < 4.78 is 44.4. The Bertz CT molecular complexity index is 1690. The summed E-state index contributed by atoms with van der Waals surface area (Å²) in [6.45, 7) is 3.41. The third-order valence-corrected chi connectivity index (χ3v) is 7.22. The van der Waals surface area contributed by atoms with Crippen molar-refractivity contribution in [2.24, 2.45) is 10.9 Å². The zero-order valence-corrected chi connectivity index (χ0v) is 25.3. The standard InChI is InChI=1S/C23H28N10O10S2/c1-23(2)17(19(35)33(23)43-45(38,39)40)29-18(34)16(14-11-44-21(25)28-14)30-42-15(20(36)37)10-41-13-8-26-22(27-9-13)32-7-6-31(12-32)5-3-4-24/h6-9,11-12,15,17H,3-5,10,24H2,1-2H3,(H4-,25,28,29,34,36,37,38,39,40)/p+1/b30-16-/t15-,17+/m0/s1. The van der Waals surface area contributed by atoms with Crippen molar-refractivity contribution in [2.75, 3.05) is 18.9 Å². The Morgan fingerprint density at radius 2 is 2.02 bits per heavy atom. The number of nitrogens with two attached hydrogens (primary N) is 2. The maximum Gasteiger partial charge on any atom is 0.418 e. The van der Waals surface area contributed by atoms with Gasteiger partial charge >= 0.3 is 22.3 Å². The molecular formula is C23H29N10O10S2+. The molecule has 1 fully saturated rings. The molecule has 0 radical (unpaired) electrons. The Hall–Kier alpha value is -4.77. The van der Waals surface area contributed by atoms with Crippen molar-refractivity contribution in [2.45, 2.75) is 44.5 Å². The molecule has 2 atom stereocenters. The van der Waals surface area contributed by atoms with Gasteiger partial charge in [0.2, 0.25) is 0 Å². The van der Waals surface area contributed by atoms with E-state index in [0.717, 1.165) is 24.3 Å². The number of amides is 2. The number of carboxylic acid groups (broad SMARTS) is 1. The molecule has 7 N–H and O–H groups in total. The molecule has 1 saturated heterocycles. The van der Waals surface area contributed by atoms with Gasteiger partial charge in [0.15, 0.2) is 16.6 Å². The highest BCUT2D eigenvalue weighted by atomic mass is 32.3. The van der Waals surface area contributed by atoms with Crippen molar-refractivity contribution in [3.8, 4) is 11.7 Å². The molecule has 0 saturated carbocycles. The maximum atomic E-state index is 13.2. The number of nitrogen functional groups attached to an aromatic ring is 1. The molecule has 4 heterocycles. The van der Waals surface area contributed by atoms with Crippen molar-refractivity contribution in [1.29, 1.82) is 0 Å². The largest absolute Gasteiger partial charge is 0.486 e. The molecular weight excluding hydrogens is 640 g/mol. The van der Waals surface area contributed by atoms with Crippen molar-refractivity contribution in [3.05, 3.63) is 42.2 Å². The number of oxime groups is 1. The summed E-state index contributed by atoms with van der Waals surface area (Å²) in [7, 11) is -5.02. The first kappa shape index (κ1) is 33.1. The summed E-state index contributed by atoms with van der Waals surface area (Å²) in [4.78, 5) is 55.0. The van der Waals surface area contributed by atoms with Crippen LogP contribution in [0.4, 0.5) is 5.13 Å². The average Bonchev–Trinajstić information content (AvgIpc) is 3.64. The maximum absolute atomic E-state index is 13.2. The Balaban J connectivity index is 1.44. The lowest BCUT2D eigenvalue weighted by molar-refractivity contribution is -0.696. The van der Waals surface area contributed by atoms with Gasteiger partial charge < -0.3 is 31.5 Å². The average molecular weight is 670 g/mol. The lowest BCUT2D eigenvalue weighted by Gasteiger charge is -2.50. The predicted molar refractivity (Wildman–Crippen MR) is 152 cm³/mol. The second kappa shape index (κ2) is 13.5. The molecule has 22 heteroatoms. The minimum atomic E-state index is -5.02. The van der Waals surface area contributed by atoms with Crippen LogP contribution in [-0.2, 0) is 40.4 Å². The first-order valence-corrected chi connectivity index (χ1v) is 15.2. The first-order chi connectivity index (χ1) is 21.2. The van der Waals surface area contributed by atoms with Gasteiger partial charge in [0.25, 0.3) is 24.2 Å². The number of β-lactam (4-membered cyclic amide) rings is 1. The number of ether oxygens (including phenoxy) is 1. The molecule has 0 aromatic carbocycles. The van der Waals surface area contributed by atoms with Crippen LogP contribution in [0.25, 0.3) is 5.95 Å². The number of nitrogens with one attached hydrogen (secondary N) is 1. The van der Waals surface area contributed by atoms with Crippen LogP contribution in [0.15, 0.2) is 41.7 Å². The topological polar surface area (TPSA) is 281 Å². The third kappa shape index (κ3) is 8.04. The number of carboxylic acids is 1. The van der Waals surface area contributed by atoms with Gasteiger partial charge in [0, 0.05) is 5.38 Å². The fraction of sp³-hybridized carbons (Fsp3) is 0.391. The van der Waals surface area contributed by atoms with Crippen LogP contribution < -0.4 is 26.1 Å². The molecule has 3 aromatic rings. The number of hydrogen-bond acceptors (Lipinski definition) is 15. The van der Waals surface area contributed by atoms with Crippen molar-refractivity contribution < 1.29 is 50.9 Å². The molecule has 0 bridgehead atoms. The van der Waals surface area contributed by atoms with Gasteiger partial charge in [-0.15, -0.1) is 15.6 Å². The molecule has 0 aliphatic carbocycles. The molecule has 20 nitrogen and oxygen atoms in total. The van der Waals surface area contributed by atoms with Crippen LogP contribution in [0.5, 0.6) is 5.75 Å². The van der Waals surface area contributed by atoms with Gasteiger partial charge in [0.05, 0.1) is 24.5 Å². The molecule has 3 aromatic heterocycles. The van der Waals surface area contributed by atoms with Crippen molar-refractivity contribution in [3.63, 3.8) is 0 Å². The highest BCUT2D eigenvalue weighted by molar-refractivity contribution is 7.80. The van der Waals surface area contributed by atoms with Gasteiger partial charge in [-0.3, -0.25) is 14.1 Å². The number of anilines is 1. The van der Waals surface area contributed by atoms with E-state index in [9.17, 15) is 27.9 Å². The molecule has 0 unspecified atom stereocenters. The van der Waals surface area contributed by atoms with E-state index in [1.54, 1.807) is 17.1 Å². The summed E-state index contributed by atoms with van der Waals surface area (Å²) in [6.07, 6.45) is 7.12. The first-order valence-electron chi connectivity index (χ1n) is 12.9. The number of imidazole rings is 1. The summed E-state index contributed by atoms with van der Waals surface area (Å²) in [5, 5.41) is 17.4. The van der Waals surface area contributed by atoms with Crippen LogP contribution in [0, 0.1) is 0 Å². The Morgan fingerprint density at radius 3 is 2.60 bits per heavy atom. The fourth-order valence-corrected chi connectivity index (χ4v) is 4.89. The predicted octanol–water partition coefficient (Wildman–Crippen LogP) is -1.96. The molecule has 1 aliphatic rings. The number of thiazole rings is 1. The number of hydroxylamine groups is 2. The van der Waals surface area contributed by atoms with E-state index in [0.29, 0.717) is 17.6 Å². The number of carbonyl (C=O) groups excluding carboxylic acids is 2. The minimum absolute atomic E-state index is 0.0464. The molecule has 1 aliphatic heterocycles. The molecule has 4 rings (SSSR count). The lowest BCUT2D eigenvalue weighted by atomic mass is 9.84. The smallest absolute Gasteiger partial charge is 0.418 e. The zero-order valence-electron chi connectivity index (χ0n) is 23.7. The monoisotopic (exact) mass is 669 g/mol. The Kier molecular flexibility index (Phi) is 9.92. The van der Waals surface area contributed by atoms with Crippen molar-refractivity contribution in [1.82, 2.24) is 29.9 Å².